The summed E-state index contributed by atoms with van der Waals surface area (Å²) >= 11 is 7.98. The zero-order chi connectivity index (χ0) is 12.8. The largest absolute Gasteiger partial charge is 0.355 e. The third-order valence-corrected chi connectivity index (χ3v) is 3.26. The van der Waals surface area contributed by atoms with Crippen LogP contribution in [0.1, 0.15) is 6.42 Å². The minimum Gasteiger partial charge on any atom is -0.355 e. The van der Waals surface area contributed by atoms with Crippen LogP contribution in [-0.4, -0.2) is 26.4 Å². The van der Waals surface area contributed by atoms with Gasteiger partial charge in [-0.05, 0) is 40.8 Å². The Morgan fingerprint density at radius 3 is 2.71 bits per heavy atom. The fourth-order valence-electron chi connectivity index (χ4n) is 1.21. The van der Waals surface area contributed by atoms with E-state index in [1.54, 1.807) is 12.1 Å². The number of hydrogen-bond donors (Lipinski definition) is 1. The van der Waals surface area contributed by atoms with Gasteiger partial charge in [-0.3, -0.25) is 4.79 Å². The highest BCUT2D eigenvalue weighted by molar-refractivity contribution is 14.1. The van der Waals surface area contributed by atoms with Crippen LogP contribution in [0.3, 0.4) is 0 Å². The molecule has 94 valence electrons. The number of halogens is 2. The Morgan fingerprint density at radius 2 is 2.12 bits per heavy atom. The monoisotopic (exact) mass is 369 g/mol. The van der Waals surface area contributed by atoms with Crippen LogP contribution >= 0.6 is 34.2 Å². The topological polar surface area (TPSA) is 47.6 Å². The van der Waals surface area contributed by atoms with Crippen molar-refractivity contribution in [2.45, 2.75) is 12.7 Å². The van der Waals surface area contributed by atoms with Crippen LogP contribution in [0.25, 0.3) is 0 Å². The molecule has 1 aromatic rings. The average molecular weight is 370 g/mol. The van der Waals surface area contributed by atoms with E-state index in [1.165, 1.54) is 14.2 Å². The Labute approximate surface area is 119 Å². The lowest BCUT2D eigenvalue weighted by molar-refractivity contribution is -0.134. The molecule has 0 spiro atoms. The van der Waals surface area contributed by atoms with Gasteiger partial charge in [-0.25, -0.2) is 0 Å². The van der Waals surface area contributed by atoms with Crippen LogP contribution in [0.4, 0.5) is 5.69 Å². The molecule has 0 aliphatic rings. The van der Waals surface area contributed by atoms with E-state index >= 15 is 0 Å². The van der Waals surface area contributed by atoms with E-state index in [0.717, 1.165) is 3.57 Å². The molecule has 1 rings (SSSR count). The Morgan fingerprint density at radius 1 is 1.47 bits per heavy atom. The van der Waals surface area contributed by atoms with Crippen molar-refractivity contribution in [1.29, 1.82) is 0 Å². The summed E-state index contributed by atoms with van der Waals surface area (Å²) in [5, 5.41) is 3.34. The van der Waals surface area contributed by atoms with Gasteiger partial charge in [0.1, 0.15) is 0 Å². The molecule has 0 radical (unpaired) electrons. The van der Waals surface area contributed by atoms with E-state index < -0.39 is 6.29 Å². The highest BCUT2D eigenvalue weighted by Crippen LogP contribution is 2.22. The number of nitrogens with one attached hydrogen (secondary N) is 1. The fraction of sp³-hybridized carbons (Fsp3) is 0.364. The highest BCUT2D eigenvalue weighted by atomic mass is 127. The number of anilines is 1. The summed E-state index contributed by atoms with van der Waals surface area (Å²) in [5.41, 5.74) is 0.689. The molecule has 0 heterocycles. The zero-order valence-corrected chi connectivity index (χ0v) is 12.4. The number of hydrogen-bond acceptors (Lipinski definition) is 3. The molecule has 1 amide bonds. The first-order valence-electron chi connectivity index (χ1n) is 4.87. The second-order valence-electron chi connectivity index (χ2n) is 3.28. The Bertz CT molecular complexity index is 396. The number of methoxy groups -OCH3 is 2. The first-order chi connectivity index (χ1) is 8.06. The predicted octanol–water partition coefficient (Wildman–Crippen LogP) is 2.89. The fourth-order valence-corrected chi connectivity index (χ4v) is 1.85. The molecule has 1 aromatic carbocycles. The van der Waals surface area contributed by atoms with E-state index in [2.05, 4.69) is 27.9 Å². The zero-order valence-electron chi connectivity index (χ0n) is 9.50. The van der Waals surface area contributed by atoms with E-state index in [0.29, 0.717) is 10.7 Å². The lowest BCUT2D eigenvalue weighted by Crippen LogP contribution is -2.23. The lowest BCUT2D eigenvalue weighted by Gasteiger charge is -2.13. The van der Waals surface area contributed by atoms with Crippen LogP contribution < -0.4 is 5.32 Å². The molecule has 0 saturated carbocycles. The maximum Gasteiger partial charge on any atom is 0.229 e. The van der Waals surface area contributed by atoms with E-state index in [1.807, 2.05) is 6.07 Å². The van der Waals surface area contributed by atoms with E-state index in [-0.39, 0.29) is 12.3 Å². The second kappa shape index (κ2) is 7.15. The number of carbonyl (C=O) groups excluding carboxylic acids is 1. The number of benzene rings is 1. The molecule has 1 N–H and O–H groups in total. The van der Waals surface area contributed by atoms with Gasteiger partial charge in [0, 0.05) is 22.8 Å². The summed E-state index contributed by atoms with van der Waals surface area (Å²) < 4.78 is 10.8. The van der Waals surface area contributed by atoms with Gasteiger partial charge < -0.3 is 14.8 Å². The first-order valence-corrected chi connectivity index (χ1v) is 6.33. The smallest absolute Gasteiger partial charge is 0.229 e. The molecule has 0 aliphatic carbocycles. The third-order valence-electron chi connectivity index (χ3n) is 2.08. The SMILES string of the molecule is COC(CC(=O)Nc1cc(Cl)ccc1I)OC. The molecular weight excluding hydrogens is 356 g/mol. The molecular formula is C11H13ClINO3. The third kappa shape index (κ3) is 4.79. The van der Waals surface area contributed by atoms with E-state index in [9.17, 15) is 4.79 Å². The number of rotatable bonds is 5. The number of ether oxygens (including phenoxy) is 2. The van der Waals surface area contributed by atoms with Gasteiger partial charge in [0.05, 0.1) is 12.1 Å². The average Bonchev–Trinajstić information content (AvgIpc) is 2.31. The molecule has 0 aliphatic heterocycles. The molecule has 0 saturated heterocycles. The van der Waals surface area contributed by atoms with Crippen LogP contribution in [0.2, 0.25) is 5.02 Å². The van der Waals surface area contributed by atoms with Crippen LogP contribution in [0.15, 0.2) is 18.2 Å². The van der Waals surface area contributed by atoms with Gasteiger partial charge in [0.25, 0.3) is 0 Å². The van der Waals surface area contributed by atoms with Gasteiger partial charge in [0.15, 0.2) is 6.29 Å². The minimum atomic E-state index is -0.535. The second-order valence-corrected chi connectivity index (χ2v) is 4.88. The number of carbonyl (C=O) groups is 1. The minimum absolute atomic E-state index is 0.135. The molecule has 0 bridgehead atoms. The molecule has 6 heteroatoms. The summed E-state index contributed by atoms with van der Waals surface area (Å²) in [6, 6.07) is 5.31. The standard InChI is InChI=1S/C11H13ClINO3/c1-16-11(17-2)6-10(15)14-9-5-7(12)3-4-8(9)13/h3-5,11H,6H2,1-2H3,(H,14,15). The maximum atomic E-state index is 11.7. The lowest BCUT2D eigenvalue weighted by atomic mass is 10.3. The van der Waals surface area contributed by atoms with Crippen molar-refractivity contribution < 1.29 is 14.3 Å². The van der Waals surface area contributed by atoms with Crippen molar-refractivity contribution in [3.8, 4) is 0 Å². The van der Waals surface area contributed by atoms with Crippen molar-refractivity contribution in [2.75, 3.05) is 19.5 Å². The number of amides is 1. The Hall–Kier alpha value is -0.370. The van der Waals surface area contributed by atoms with Crippen molar-refractivity contribution >= 4 is 45.8 Å². The Kier molecular flexibility index (Phi) is 6.18. The van der Waals surface area contributed by atoms with Crippen LogP contribution in [0.5, 0.6) is 0 Å². The van der Waals surface area contributed by atoms with Crippen molar-refractivity contribution in [3.63, 3.8) is 0 Å². The summed E-state index contributed by atoms with van der Waals surface area (Å²) in [7, 11) is 2.98. The van der Waals surface area contributed by atoms with Crippen molar-refractivity contribution in [2.24, 2.45) is 0 Å². The summed E-state index contributed by atoms with van der Waals surface area (Å²) in [5.74, 6) is -0.182. The normalized spacial score (nSPS) is 10.6. The summed E-state index contributed by atoms with van der Waals surface area (Å²) in [6.45, 7) is 0. The van der Waals surface area contributed by atoms with Crippen LogP contribution in [0, 0.1) is 3.57 Å². The maximum absolute atomic E-state index is 11.7. The highest BCUT2D eigenvalue weighted by Gasteiger charge is 2.13. The quantitative estimate of drug-likeness (QED) is 0.641. The molecule has 0 unspecified atom stereocenters. The van der Waals surface area contributed by atoms with Gasteiger partial charge in [-0.1, -0.05) is 11.6 Å². The summed E-state index contributed by atoms with van der Waals surface area (Å²) in [4.78, 5) is 11.7. The van der Waals surface area contributed by atoms with Crippen LogP contribution in [-0.2, 0) is 14.3 Å². The van der Waals surface area contributed by atoms with Gasteiger partial charge in [-0.2, -0.15) is 0 Å². The van der Waals surface area contributed by atoms with Gasteiger partial charge in [-0.15, -0.1) is 0 Å². The molecule has 0 atom stereocenters. The predicted molar refractivity (Wildman–Crippen MR) is 75.2 cm³/mol. The van der Waals surface area contributed by atoms with Gasteiger partial charge in [0.2, 0.25) is 5.91 Å². The Balaban J connectivity index is 2.64. The van der Waals surface area contributed by atoms with Crippen molar-refractivity contribution in [3.05, 3.63) is 26.8 Å². The van der Waals surface area contributed by atoms with Crippen molar-refractivity contribution in [1.82, 2.24) is 0 Å². The molecule has 17 heavy (non-hydrogen) atoms. The molecule has 0 aromatic heterocycles. The first kappa shape index (κ1) is 14.7. The molecule has 4 nitrogen and oxygen atoms in total. The van der Waals surface area contributed by atoms with Gasteiger partial charge >= 0.3 is 0 Å². The summed E-state index contributed by atoms with van der Waals surface area (Å²) in [6.07, 6.45) is -0.401. The molecule has 0 fully saturated rings. The van der Waals surface area contributed by atoms with E-state index in [4.69, 9.17) is 21.1 Å².